The van der Waals surface area contributed by atoms with Gasteiger partial charge in [-0.05, 0) is 48.9 Å². The van der Waals surface area contributed by atoms with Gasteiger partial charge in [-0.1, -0.05) is 12.1 Å². The third kappa shape index (κ3) is 5.93. The van der Waals surface area contributed by atoms with Crippen LogP contribution in [0.5, 0.6) is 5.75 Å². The molecule has 31 heavy (non-hydrogen) atoms. The number of morpholine rings is 1. The Labute approximate surface area is 181 Å². The van der Waals surface area contributed by atoms with Gasteiger partial charge in [0.25, 0.3) is 5.91 Å². The molecule has 160 valence electrons. The van der Waals surface area contributed by atoms with E-state index in [-0.39, 0.29) is 12.5 Å². The van der Waals surface area contributed by atoms with Crippen molar-refractivity contribution >= 4 is 28.8 Å². The van der Waals surface area contributed by atoms with Crippen LogP contribution in [0.3, 0.4) is 0 Å². The molecule has 2 aromatic carbocycles. The van der Waals surface area contributed by atoms with E-state index in [1.165, 1.54) is 0 Å². The molecule has 0 saturated carbocycles. The summed E-state index contributed by atoms with van der Waals surface area (Å²) < 4.78 is 10.9. The quantitative estimate of drug-likeness (QED) is 0.607. The molecule has 1 amide bonds. The van der Waals surface area contributed by atoms with Crippen LogP contribution in [0.1, 0.15) is 5.56 Å². The zero-order valence-corrected chi connectivity index (χ0v) is 17.4. The summed E-state index contributed by atoms with van der Waals surface area (Å²) in [5.74, 6) is 1.12. The van der Waals surface area contributed by atoms with Gasteiger partial charge >= 0.3 is 0 Å². The Balaban J connectivity index is 1.30. The first-order valence-corrected chi connectivity index (χ1v) is 10.2. The zero-order chi connectivity index (χ0) is 21.5. The van der Waals surface area contributed by atoms with E-state index >= 15 is 0 Å². The van der Waals surface area contributed by atoms with E-state index < -0.39 is 0 Å². The highest BCUT2D eigenvalue weighted by atomic mass is 16.5. The van der Waals surface area contributed by atoms with Gasteiger partial charge in [-0.3, -0.25) is 4.79 Å². The normalized spacial score (nSPS) is 13.5. The van der Waals surface area contributed by atoms with E-state index in [0.29, 0.717) is 30.5 Å². The number of aromatic nitrogens is 2. The summed E-state index contributed by atoms with van der Waals surface area (Å²) in [6, 6.07) is 17.0. The third-order valence-electron chi connectivity index (χ3n) is 4.82. The number of carbonyl (C=O) groups is 1. The lowest BCUT2D eigenvalue weighted by molar-refractivity contribution is -0.118. The van der Waals surface area contributed by atoms with Crippen LogP contribution in [0.4, 0.5) is 22.9 Å². The lowest BCUT2D eigenvalue weighted by atomic mass is 10.2. The summed E-state index contributed by atoms with van der Waals surface area (Å²) in [5.41, 5.74) is 3.64. The molecule has 2 N–H and O–H groups in total. The standard InChI is InChI=1S/C23H25N5O3/c1-17-3-2-4-21(13-17)31-16-23(29)26-19-7-5-18(6-8-19)25-22-14-20(15-24-27-22)28-9-11-30-12-10-28/h2-8,13-15H,9-12,16H2,1H3,(H,25,27)(H,26,29). The fraction of sp³-hybridized carbons (Fsp3) is 0.261. The van der Waals surface area contributed by atoms with Gasteiger partial charge in [0.05, 0.1) is 25.1 Å². The average Bonchev–Trinajstić information content (AvgIpc) is 2.80. The fourth-order valence-electron chi connectivity index (χ4n) is 3.25. The molecule has 0 spiro atoms. The Kier molecular flexibility index (Phi) is 6.59. The smallest absolute Gasteiger partial charge is 0.262 e. The van der Waals surface area contributed by atoms with Crippen molar-refractivity contribution in [2.45, 2.75) is 6.92 Å². The summed E-state index contributed by atoms with van der Waals surface area (Å²) >= 11 is 0. The Morgan fingerprint density at radius 3 is 2.65 bits per heavy atom. The largest absolute Gasteiger partial charge is 0.484 e. The summed E-state index contributed by atoms with van der Waals surface area (Å²) in [6.07, 6.45) is 1.76. The monoisotopic (exact) mass is 419 g/mol. The van der Waals surface area contributed by atoms with Crippen molar-refractivity contribution < 1.29 is 14.3 Å². The van der Waals surface area contributed by atoms with Crippen LogP contribution in [-0.2, 0) is 9.53 Å². The molecule has 8 heteroatoms. The Morgan fingerprint density at radius 2 is 1.87 bits per heavy atom. The second kappa shape index (κ2) is 9.90. The minimum absolute atomic E-state index is 0.0482. The number of rotatable bonds is 7. The highest BCUT2D eigenvalue weighted by Crippen LogP contribution is 2.21. The average molecular weight is 419 g/mol. The number of anilines is 4. The third-order valence-corrected chi connectivity index (χ3v) is 4.82. The first-order valence-electron chi connectivity index (χ1n) is 10.2. The number of hydrogen-bond acceptors (Lipinski definition) is 7. The van der Waals surface area contributed by atoms with Gasteiger partial charge in [0.1, 0.15) is 5.75 Å². The van der Waals surface area contributed by atoms with Gasteiger partial charge in [-0.2, -0.15) is 5.10 Å². The highest BCUT2D eigenvalue weighted by Gasteiger charge is 2.12. The number of ether oxygens (including phenoxy) is 2. The Bertz CT molecular complexity index is 1020. The minimum atomic E-state index is -0.216. The number of nitrogens with zero attached hydrogens (tertiary/aromatic N) is 3. The number of amides is 1. The molecule has 1 fully saturated rings. The molecule has 0 bridgehead atoms. The van der Waals surface area contributed by atoms with Crippen LogP contribution in [-0.4, -0.2) is 49.0 Å². The predicted octanol–water partition coefficient (Wildman–Crippen LogP) is 3.38. The maximum Gasteiger partial charge on any atom is 0.262 e. The molecule has 1 aliphatic rings. The van der Waals surface area contributed by atoms with Crippen LogP contribution >= 0.6 is 0 Å². The van der Waals surface area contributed by atoms with E-state index in [0.717, 1.165) is 30.0 Å². The summed E-state index contributed by atoms with van der Waals surface area (Å²) in [7, 11) is 0. The van der Waals surface area contributed by atoms with Crippen molar-refractivity contribution in [1.29, 1.82) is 0 Å². The topological polar surface area (TPSA) is 88.6 Å². The van der Waals surface area contributed by atoms with Crippen molar-refractivity contribution in [3.8, 4) is 5.75 Å². The number of aryl methyl sites for hydroxylation is 1. The molecule has 0 unspecified atom stereocenters. The van der Waals surface area contributed by atoms with Crippen molar-refractivity contribution in [3.63, 3.8) is 0 Å². The SMILES string of the molecule is Cc1cccc(OCC(=O)Nc2ccc(Nc3cc(N4CCOCC4)cnn3)cc2)c1. The van der Waals surface area contributed by atoms with Crippen LogP contribution in [0.2, 0.25) is 0 Å². The first-order chi connectivity index (χ1) is 15.2. The summed E-state index contributed by atoms with van der Waals surface area (Å²) in [6.45, 7) is 5.04. The maximum absolute atomic E-state index is 12.2. The number of hydrogen-bond donors (Lipinski definition) is 2. The van der Waals surface area contributed by atoms with E-state index in [1.54, 1.807) is 6.20 Å². The highest BCUT2D eigenvalue weighted by molar-refractivity contribution is 5.92. The fourth-order valence-corrected chi connectivity index (χ4v) is 3.25. The van der Waals surface area contributed by atoms with Gasteiger partial charge in [-0.15, -0.1) is 5.10 Å². The first kappa shape index (κ1) is 20.6. The molecule has 2 heterocycles. The molecule has 0 radical (unpaired) electrons. The molecule has 4 rings (SSSR count). The van der Waals surface area contributed by atoms with E-state index in [1.807, 2.05) is 61.5 Å². The van der Waals surface area contributed by atoms with Crippen LogP contribution < -0.4 is 20.3 Å². The van der Waals surface area contributed by atoms with Crippen molar-refractivity contribution in [2.75, 3.05) is 48.4 Å². The van der Waals surface area contributed by atoms with Gasteiger partial charge < -0.3 is 25.0 Å². The number of nitrogens with one attached hydrogen (secondary N) is 2. The van der Waals surface area contributed by atoms with Gasteiger partial charge in [0.2, 0.25) is 0 Å². The van der Waals surface area contributed by atoms with E-state index in [2.05, 4.69) is 25.7 Å². The van der Waals surface area contributed by atoms with E-state index in [4.69, 9.17) is 9.47 Å². The van der Waals surface area contributed by atoms with Crippen molar-refractivity contribution in [1.82, 2.24) is 10.2 Å². The predicted molar refractivity (Wildman–Crippen MR) is 120 cm³/mol. The molecule has 1 aliphatic heterocycles. The van der Waals surface area contributed by atoms with Crippen LogP contribution in [0.25, 0.3) is 0 Å². The Hall–Kier alpha value is -3.65. The summed E-state index contributed by atoms with van der Waals surface area (Å²) in [5, 5.41) is 14.3. The minimum Gasteiger partial charge on any atom is -0.484 e. The second-order valence-corrected chi connectivity index (χ2v) is 7.25. The molecule has 0 aliphatic carbocycles. The van der Waals surface area contributed by atoms with Crippen molar-refractivity contribution in [2.24, 2.45) is 0 Å². The lowest BCUT2D eigenvalue weighted by Crippen LogP contribution is -2.36. The number of carbonyl (C=O) groups excluding carboxylic acids is 1. The molecule has 0 atom stereocenters. The van der Waals surface area contributed by atoms with Gasteiger partial charge in [0, 0.05) is 30.5 Å². The Morgan fingerprint density at radius 1 is 1.10 bits per heavy atom. The second-order valence-electron chi connectivity index (χ2n) is 7.25. The molecule has 1 aromatic heterocycles. The number of benzene rings is 2. The lowest BCUT2D eigenvalue weighted by Gasteiger charge is -2.28. The van der Waals surface area contributed by atoms with Crippen LogP contribution in [0.15, 0.2) is 60.8 Å². The molecular weight excluding hydrogens is 394 g/mol. The van der Waals surface area contributed by atoms with Gasteiger partial charge in [-0.25, -0.2) is 0 Å². The summed E-state index contributed by atoms with van der Waals surface area (Å²) in [4.78, 5) is 14.4. The molecule has 1 saturated heterocycles. The maximum atomic E-state index is 12.2. The van der Waals surface area contributed by atoms with Crippen molar-refractivity contribution in [3.05, 3.63) is 66.4 Å². The van der Waals surface area contributed by atoms with Crippen LogP contribution in [0, 0.1) is 6.92 Å². The molecular formula is C23H25N5O3. The molecule has 3 aromatic rings. The van der Waals surface area contributed by atoms with E-state index in [9.17, 15) is 4.79 Å². The molecule has 8 nitrogen and oxygen atoms in total. The van der Waals surface area contributed by atoms with Gasteiger partial charge in [0.15, 0.2) is 12.4 Å². The zero-order valence-electron chi connectivity index (χ0n) is 17.4.